The van der Waals surface area contributed by atoms with Gasteiger partial charge in [0.1, 0.15) is 0 Å². The van der Waals surface area contributed by atoms with Crippen LogP contribution in [0.2, 0.25) is 0 Å². The predicted molar refractivity (Wildman–Crippen MR) is 133 cm³/mol. The lowest BCUT2D eigenvalue weighted by Crippen LogP contribution is -2.41. The first-order valence-corrected chi connectivity index (χ1v) is 12.6. The number of hydrogen-bond donors (Lipinski definition) is 5. The summed E-state index contributed by atoms with van der Waals surface area (Å²) in [6.45, 7) is 2.85. The van der Waals surface area contributed by atoms with Gasteiger partial charge in [-0.3, -0.25) is 4.79 Å². The Morgan fingerprint density at radius 3 is 1.77 bits per heavy atom. The summed E-state index contributed by atoms with van der Waals surface area (Å²) in [5.74, 6) is -5.53. The van der Waals surface area contributed by atoms with Gasteiger partial charge in [-0.1, -0.05) is 48.9 Å². The molecule has 2 aliphatic carbocycles. The Kier molecular flexibility index (Phi) is 14.1. The Labute approximate surface area is 227 Å². The molecule has 0 spiro atoms. The standard InChI is InChI=1S/C22H32N2O2.2C2HF3O2/c1-2-17(14-16-6-4-3-5-7-16)20-15-21(20)24-19-10-8-18(9-11-19)23-13-12-22(25)26;2*3-2(4,5)1(6)7/h3-7,14,18-21,23-24H,2,8-13,15H2,1H3,(H,25,26);2*(H,6,7)/b17-14+;;. The van der Waals surface area contributed by atoms with Crippen LogP contribution in [0, 0.1) is 5.92 Å². The van der Waals surface area contributed by atoms with Gasteiger partial charge in [-0.25, -0.2) is 9.59 Å². The Balaban J connectivity index is 0.000000473. The Morgan fingerprint density at radius 1 is 0.875 bits per heavy atom. The molecule has 0 bridgehead atoms. The van der Waals surface area contributed by atoms with Crippen LogP contribution in [0.3, 0.4) is 0 Å². The highest BCUT2D eigenvalue weighted by Crippen LogP contribution is 2.40. The quantitative estimate of drug-likeness (QED) is 0.253. The van der Waals surface area contributed by atoms with Crippen LogP contribution in [0.15, 0.2) is 35.9 Å². The highest BCUT2D eigenvalue weighted by Gasteiger charge is 2.41. The fourth-order valence-corrected chi connectivity index (χ4v) is 4.17. The van der Waals surface area contributed by atoms with E-state index >= 15 is 0 Å². The van der Waals surface area contributed by atoms with Crippen LogP contribution in [-0.4, -0.2) is 70.3 Å². The number of nitrogens with one attached hydrogen (secondary N) is 2. The molecule has 0 heterocycles. The van der Waals surface area contributed by atoms with Crippen molar-refractivity contribution in [2.75, 3.05) is 6.54 Å². The van der Waals surface area contributed by atoms with Crippen LogP contribution < -0.4 is 10.6 Å². The number of benzene rings is 1. The zero-order valence-electron chi connectivity index (χ0n) is 21.8. The minimum Gasteiger partial charge on any atom is -0.481 e. The largest absolute Gasteiger partial charge is 0.490 e. The van der Waals surface area contributed by atoms with E-state index in [4.69, 9.17) is 24.9 Å². The summed E-state index contributed by atoms with van der Waals surface area (Å²) in [7, 11) is 0. The highest BCUT2D eigenvalue weighted by atomic mass is 19.4. The molecular formula is C26H34F6N2O6. The topological polar surface area (TPSA) is 136 Å². The third kappa shape index (κ3) is 14.3. The van der Waals surface area contributed by atoms with Crippen molar-refractivity contribution in [1.29, 1.82) is 0 Å². The van der Waals surface area contributed by atoms with Gasteiger partial charge in [0.05, 0.1) is 6.42 Å². The van der Waals surface area contributed by atoms with Crippen molar-refractivity contribution in [3.05, 3.63) is 41.5 Å². The minimum absolute atomic E-state index is 0.218. The number of halogens is 6. The van der Waals surface area contributed by atoms with Crippen molar-refractivity contribution in [3.63, 3.8) is 0 Å². The first-order valence-electron chi connectivity index (χ1n) is 12.6. The van der Waals surface area contributed by atoms with Gasteiger partial charge in [-0.15, -0.1) is 0 Å². The van der Waals surface area contributed by atoms with Crippen LogP contribution in [0.1, 0.15) is 57.4 Å². The second-order valence-corrected chi connectivity index (χ2v) is 9.35. The smallest absolute Gasteiger partial charge is 0.481 e. The van der Waals surface area contributed by atoms with E-state index in [1.54, 1.807) is 5.57 Å². The molecule has 14 heteroatoms. The molecule has 0 amide bonds. The fraction of sp³-hybridized carbons (Fsp3) is 0.577. The summed E-state index contributed by atoms with van der Waals surface area (Å²) >= 11 is 0. The highest BCUT2D eigenvalue weighted by molar-refractivity contribution is 5.73. The average molecular weight is 585 g/mol. The minimum atomic E-state index is -5.08. The van der Waals surface area contributed by atoms with Crippen LogP contribution in [-0.2, 0) is 14.4 Å². The van der Waals surface area contributed by atoms with E-state index < -0.39 is 30.3 Å². The normalized spacial score (nSPS) is 22.6. The Hall–Kier alpha value is -3.13. The molecule has 1 aromatic carbocycles. The molecule has 3 rings (SSSR count). The van der Waals surface area contributed by atoms with Gasteiger partial charge in [-0.05, 0) is 50.0 Å². The predicted octanol–water partition coefficient (Wildman–Crippen LogP) is 5.10. The number of carboxylic acid groups (broad SMARTS) is 3. The molecule has 1 aromatic rings. The van der Waals surface area contributed by atoms with Crippen molar-refractivity contribution in [1.82, 2.24) is 10.6 Å². The number of carboxylic acids is 3. The summed E-state index contributed by atoms with van der Waals surface area (Å²) in [4.78, 5) is 28.4. The lowest BCUT2D eigenvalue weighted by Gasteiger charge is -2.30. The van der Waals surface area contributed by atoms with Gasteiger partial charge < -0.3 is 26.0 Å². The first kappa shape index (κ1) is 34.9. The van der Waals surface area contributed by atoms with E-state index in [-0.39, 0.29) is 6.42 Å². The first-order chi connectivity index (χ1) is 18.5. The van der Waals surface area contributed by atoms with Crippen LogP contribution in [0.4, 0.5) is 26.3 Å². The Bertz CT molecular complexity index is 952. The van der Waals surface area contributed by atoms with Gasteiger partial charge in [0.25, 0.3) is 0 Å². The second-order valence-electron chi connectivity index (χ2n) is 9.35. The maximum Gasteiger partial charge on any atom is 0.490 e. The van der Waals surface area contributed by atoms with Crippen molar-refractivity contribution in [2.24, 2.45) is 5.92 Å². The van der Waals surface area contributed by atoms with E-state index in [2.05, 4.69) is 54.0 Å². The number of hydrogen-bond acceptors (Lipinski definition) is 5. The van der Waals surface area contributed by atoms with Gasteiger partial charge in [-0.2, -0.15) is 26.3 Å². The monoisotopic (exact) mass is 584 g/mol. The second kappa shape index (κ2) is 16.2. The van der Waals surface area contributed by atoms with E-state index in [0.717, 1.165) is 19.3 Å². The summed E-state index contributed by atoms with van der Waals surface area (Å²) < 4.78 is 63.5. The zero-order valence-corrected chi connectivity index (χ0v) is 21.8. The molecule has 0 saturated heterocycles. The molecule has 226 valence electrons. The molecule has 2 atom stereocenters. The van der Waals surface area contributed by atoms with Crippen LogP contribution in [0.25, 0.3) is 6.08 Å². The van der Waals surface area contributed by atoms with Crippen LogP contribution in [0.5, 0.6) is 0 Å². The molecule has 2 unspecified atom stereocenters. The van der Waals surface area contributed by atoms with E-state index in [9.17, 15) is 31.1 Å². The lowest BCUT2D eigenvalue weighted by molar-refractivity contribution is -0.193. The van der Waals surface area contributed by atoms with Gasteiger partial charge in [0.2, 0.25) is 0 Å². The molecule has 2 aliphatic rings. The summed E-state index contributed by atoms with van der Waals surface area (Å²) in [6, 6.07) is 12.4. The van der Waals surface area contributed by atoms with E-state index in [1.807, 2.05) is 0 Å². The Morgan fingerprint density at radius 2 is 1.35 bits per heavy atom. The van der Waals surface area contributed by atoms with Gasteiger partial charge in [0.15, 0.2) is 0 Å². The molecule has 8 nitrogen and oxygen atoms in total. The molecular weight excluding hydrogens is 550 g/mol. The van der Waals surface area contributed by atoms with Gasteiger partial charge >= 0.3 is 30.3 Å². The van der Waals surface area contributed by atoms with Gasteiger partial charge in [0, 0.05) is 24.7 Å². The maximum absolute atomic E-state index is 10.6. The molecule has 0 aliphatic heterocycles. The molecule has 2 fully saturated rings. The number of alkyl halides is 6. The van der Waals surface area contributed by atoms with Crippen molar-refractivity contribution in [2.45, 2.75) is 82.3 Å². The SMILES string of the molecule is CC/C(=C\c1ccccc1)C1CC1NC1CCC(NCCC(=O)O)CC1.O=C(O)C(F)(F)F.O=C(O)C(F)(F)F. The maximum atomic E-state index is 10.6. The number of aliphatic carboxylic acids is 3. The summed E-state index contributed by atoms with van der Waals surface area (Å²) in [5.41, 5.74) is 2.88. The van der Waals surface area contributed by atoms with Crippen molar-refractivity contribution < 1.29 is 56.0 Å². The molecule has 0 radical (unpaired) electrons. The van der Waals surface area contributed by atoms with E-state index in [0.29, 0.717) is 30.6 Å². The zero-order chi connectivity index (χ0) is 30.5. The summed E-state index contributed by atoms with van der Waals surface area (Å²) in [5, 5.41) is 30.2. The third-order valence-electron chi connectivity index (χ3n) is 6.26. The van der Waals surface area contributed by atoms with E-state index in [1.165, 1.54) is 24.8 Å². The molecule has 5 N–H and O–H groups in total. The number of carbonyl (C=O) groups is 3. The summed E-state index contributed by atoms with van der Waals surface area (Å²) in [6.07, 6.45) is -0.508. The third-order valence-corrected chi connectivity index (χ3v) is 6.26. The fourth-order valence-electron chi connectivity index (χ4n) is 4.17. The number of rotatable bonds is 9. The van der Waals surface area contributed by atoms with Crippen LogP contribution >= 0.6 is 0 Å². The molecule has 0 aromatic heterocycles. The van der Waals surface area contributed by atoms with Crippen molar-refractivity contribution >= 4 is 24.0 Å². The van der Waals surface area contributed by atoms with Crippen molar-refractivity contribution in [3.8, 4) is 0 Å². The molecule has 2 saturated carbocycles. The lowest BCUT2D eigenvalue weighted by atomic mass is 9.91. The average Bonchev–Trinajstić information content (AvgIpc) is 3.62. The molecule has 40 heavy (non-hydrogen) atoms.